The number of hydrogen-bond donors (Lipinski definition) is 2. The standard InChI is InChI=1S/C9H15NO3/c1-13-9(12)8-6-3-2-5(10-6)4-7(8)11/h5-8,10-11H,2-4H2,1H3/t5-,6-,7-,8-/m1/s1. The summed E-state index contributed by atoms with van der Waals surface area (Å²) in [5.74, 6) is -0.644. The van der Waals surface area contributed by atoms with Crippen molar-refractivity contribution in [2.75, 3.05) is 7.11 Å². The molecule has 0 radical (unpaired) electrons. The van der Waals surface area contributed by atoms with Gasteiger partial charge in [0.05, 0.1) is 19.1 Å². The minimum atomic E-state index is -0.522. The zero-order chi connectivity index (χ0) is 9.42. The predicted molar refractivity (Wildman–Crippen MR) is 46.1 cm³/mol. The summed E-state index contributed by atoms with van der Waals surface area (Å²) >= 11 is 0. The number of esters is 1. The first-order valence-corrected chi connectivity index (χ1v) is 4.74. The summed E-state index contributed by atoms with van der Waals surface area (Å²) in [6.45, 7) is 0. The van der Waals surface area contributed by atoms with E-state index in [9.17, 15) is 9.90 Å². The number of aliphatic hydroxyl groups excluding tert-OH is 1. The Morgan fingerprint density at radius 2 is 2.31 bits per heavy atom. The number of carbonyl (C=O) groups excluding carboxylic acids is 1. The van der Waals surface area contributed by atoms with Crippen molar-refractivity contribution in [1.29, 1.82) is 0 Å². The van der Waals surface area contributed by atoms with Crippen LogP contribution in [0.25, 0.3) is 0 Å². The number of ether oxygens (including phenoxy) is 1. The van der Waals surface area contributed by atoms with E-state index in [2.05, 4.69) is 10.1 Å². The molecule has 2 rings (SSSR count). The van der Waals surface area contributed by atoms with Crippen molar-refractivity contribution in [3.8, 4) is 0 Å². The first-order valence-electron chi connectivity index (χ1n) is 4.74. The molecule has 2 N–H and O–H groups in total. The van der Waals surface area contributed by atoms with Crippen molar-refractivity contribution in [2.45, 2.75) is 37.5 Å². The first kappa shape index (κ1) is 8.97. The van der Waals surface area contributed by atoms with Gasteiger partial charge in [0.15, 0.2) is 0 Å². The quantitative estimate of drug-likeness (QED) is 0.549. The van der Waals surface area contributed by atoms with Crippen LogP contribution in [0.1, 0.15) is 19.3 Å². The van der Waals surface area contributed by atoms with E-state index < -0.39 is 6.10 Å². The van der Waals surface area contributed by atoms with Crippen LogP contribution >= 0.6 is 0 Å². The lowest BCUT2D eigenvalue weighted by Gasteiger charge is -2.32. The number of hydrogen-bond acceptors (Lipinski definition) is 4. The van der Waals surface area contributed by atoms with Crippen LogP contribution in [0, 0.1) is 5.92 Å². The van der Waals surface area contributed by atoms with Crippen molar-refractivity contribution in [3.63, 3.8) is 0 Å². The highest BCUT2D eigenvalue weighted by atomic mass is 16.5. The molecule has 2 aliphatic rings. The van der Waals surface area contributed by atoms with E-state index in [4.69, 9.17) is 0 Å². The molecule has 13 heavy (non-hydrogen) atoms. The first-order chi connectivity index (χ1) is 6.22. The molecule has 2 saturated heterocycles. The fourth-order valence-electron chi connectivity index (χ4n) is 2.48. The third-order valence-electron chi connectivity index (χ3n) is 3.12. The van der Waals surface area contributed by atoms with Crippen LogP contribution in [0.4, 0.5) is 0 Å². The summed E-state index contributed by atoms with van der Waals surface area (Å²) < 4.78 is 4.67. The number of methoxy groups -OCH3 is 1. The molecule has 4 atom stereocenters. The lowest BCUT2D eigenvalue weighted by molar-refractivity contribution is -0.152. The van der Waals surface area contributed by atoms with Gasteiger partial charge >= 0.3 is 5.97 Å². The number of fused-ring (bicyclic) bond motifs is 2. The molecule has 2 heterocycles. The molecule has 2 aliphatic heterocycles. The molecule has 0 spiro atoms. The molecule has 74 valence electrons. The van der Waals surface area contributed by atoms with Crippen molar-refractivity contribution in [3.05, 3.63) is 0 Å². The summed E-state index contributed by atoms with van der Waals surface area (Å²) in [6.07, 6.45) is 2.19. The molecule has 0 aromatic rings. The second-order valence-corrected chi connectivity index (χ2v) is 3.90. The van der Waals surface area contributed by atoms with Gasteiger partial charge in [0.2, 0.25) is 0 Å². The molecule has 0 saturated carbocycles. The summed E-state index contributed by atoms with van der Waals surface area (Å²) in [4.78, 5) is 11.3. The van der Waals surface area contributed by atoms with E-state index in [-0.39, 0.29) is 17.9 Å². The van der Waals surface area contributed by atoms with E-state index >= 15 is 0 Å². The number of nitrogens with one attached hydrogen (secondary N) is 1. The minimum absolute atomic E-state index is 0.126. The van der Waals surface area contributed by atoms with E-state index in [1.165, 1.54) is 7.11 Å². The second-order valence-electron chi connectivity index (χ2n) is 3.90. The molecule has 2 bridgehead atoms. The van der Waals surface area contributed by atoms with Gasteiger partial charge in [-0.25, -0.2) is 0 Å². The molecule has 0 aliphatic carbocycles. The predicted octanol–water partition coefficient (Wildman–Crippen LogP) is -0.339. The maximum atomic E-state index is 11.3. The van der Waals surface area contributed by atoms with Gasteiger partial charge in [-0.05, 0) is 19.3 Å². The van der Waals surface area contributed by atoms with Gasteiger partial charge in [-0.1, -0.05) is 0 Å². The fourth-order valence-corrected chi connectivity index (χ4v) is 2.48. The molecular formula is C9H15NO3. The van der Waals surface area contributed by atoms with Gasteiger partial charge in [0.25, 0.3) is 0 Å². The summed E-state index contributed by atoms with van der Waals surface area (Å²) in [5.41, 5.74) is 0. The average molecular weight is 185 g/mol. The molecule has 0 aromatic heterocycles. The minimum Gasteiger partial charge on any atom is -0.469 e. The van der Waals surface area contributed by atoms with E-state index in [0.29, 0.717) is 12.5 Å². The number of rotatable bonds is 1. The molecule has 4 nitrogen and oxygen atoms in total. The molecule has 2 fully saturated rings. The SMILES string of the molecule is COC(=O)[C@H]1[C@H](O)C[C@H]2CC[C@H]1N2. The van der Waals surface area contributed by atoms with Crippen molar-refractivity contribution in [1.82, 2.24) is 5.32 Å². The van der Waals surface area contributed by atoms with Crippen LogP contribution in [0.2, 0.25) is 0 Å². The summed E-state index contributed by atoms with van der Waals surface area (Å²) in [5, 5.41) is 13.0. The molecule has 0 amide bonds. The van der Waals surface area contributed by atoms with Gasteiger partial charge in [-0.3, -0.25) is 4.79 Å². The highest BCUT2D eigenvalue weighted by Crippen LogP contribution is 2.32. The Kier molecular flexibility index (Phi) is 2.26. The number of carbonyl (C=O) groups is 1. The zero-order valence-corrected chi connectivity index (χ0v) is 7.69. The third-order valence-corrected chi connectivity index (χ3v) is 3.12. The largest absolute Gasteiger partial charge is 0.469 e. The van der Waals surface area contributed by atoms with Gasteiger partial charge in [0, 0.05) is 12.1 Å². The highest BCUT2D eigenvalue weighted by molar-refractivity contribution is 5.74. The van der Waals surface area contributed by atoms with Gasteiger partial charge in [0.1, 0.15) is 0 Å². The van der Waals surface area contributed by atoms with Crippen LogP contribution in [0.5, 0.6) is 0 Å². The Balaban J connectivity index is 2.11. The molecule has 4 heteroatoms. The van der Waals surface area contributed by atoms with E-state index in [0.717, 1.165) is 12.8 Å². The molecule has 0 aromatic carbocycles. The Morgan fingerprint density at radius 3 is 3.00 bits per heavy atom. The van der Waals surface area contributed by atoms with Crippen LogP contribution in [-0.4, -0.2) is 36.4 Å². The third kappa shape index (κ3) is 1.44. The summed E-state index contributed by atoms with van der Waals surface area (Å²) in [7, 11) is 1.37. The van der Waals surface area contributed by atoms with Crippen molar-refractivity contribution < 1.29 is 14.6 Å². The maximum Gasteiger partial charge on any atom is 0.312 e. The van der Waals surface area contributed by atoms with Crippen molar-refractivity contribution in [2.24, 2.45) is 5.92 Å². The lowest BCUT2D eigenvalue weighted by atomic mass is 9.89. The molecule has 0 unspecified atom stereocenters. The van der Waals surface area contributed by atoms with Crippen molar-refractivity contribution >= 4 is 5.97 Å². The summed E-state index contributed by atoms with van der Waals surface area (Å²) in [6, 6.07) is 0.530. The number of aliphatic hydroxyl groups is 1. The van der Waals surface area contributed by atoms with Gasteiger partial charge < -0.3 is 15.2 Å². The Hall–Kier alpha value is -0.610. The maximum absolute atomic E-state index is 11.3. The topological polar surface area (TPSA) is 58.6 Å². The lowest BCUT2D eigenvalue weighted by Crippen LogP contribution is -2.51. The Bertz CT molecular complexity index is 219. The smallest absolute Gasteiger partial charge is 0.312 e. The molecular weight excluding hydrogens is 170 g/mol. The Labute approximate surface area is 77.3 Å². The highest BCUT2D eigenvalue weighted by Gasteiger charge is 2.45. The van der Waals surface area contributed by atoms with Crippen LogP contribution in [0.15, 0.2) is 0 Å². The fraction of sp³-hybridized carbons (Fsp3) is 0.889. The van der Waals surface area contributed by atoms with Crippen LogP contribution in [-0.2, 0) is 9.53 Å². The Morgan fingerprint density at radius 1 is 1.54 bits per heavy atom. The monoisotopic (exact) mass is 185 g/mol. The van der Waals surface area contributed by atoms with Crippen LogP contribution < -0.4 is 5.32 Å². The average Bonchev–Trinajstić information content (AvgIpc) is 2.48. The van der Waals surface area contributed by atoms with Crippen LogP contribution in [0.3, 0.4) is 0 Å². The van der Waals surface area contributed by atoms with E-state index in [1.54, 1.807) is 0 Å². The normalized spacial score (nSPS) is 43.2. The second kappa shape index (κ2) is 3.27. The van der Waals surface area contributed by atoms with Gasteiger partial charge in [-0.15, -0.1) is 0 Å². The van der Waals surface area contributed by atoms with E-state index in [1.807, 2.05) is 0 Å². The zero-order valence-electron chi connectivity index (χ0n) is 7.69. The number of piperidine rings is 1. The van der Waals surface area contributed by atoms with Gasteiger partial charge in [-0.2, -0.15) is 0 Å².